The van der Waals surface area contributed by atoms with Crippen LogP contribution < -0.4 is 5.32 Å². The van der Waals surface area contributed by atoms with Gasteiger partial charge in [-0.1, -0.05) is 18.2 Å². The molecule has 2 aromatic rings. The van der Waals surface area contributed by atoms with Crippen LogP contribution in [0.4, 0.5) is 17.1 Å². The van der Waals surface area contributed by atoms with Crippen molar-refractivity contribution in [1.29, 1.82) is 0 Å². The van der Waals surface area contributed by atoms with E-state index < -0.39 is 4.92 Å². The Morgan fingerprint density at radius 1 is 1.16 bits per heavy atom. The first-order valence-electron chi connectivity index (χ1n) is 5.69. The van der Waals surface area contributed by atoms with Crippen LogP contribution in [0, 0.1) is 10.1 Å². The van der Waals surface area contributed by atoms with E-state index in [1.165, 1.54) is 19.1 Å². The predicted octanol–water partition coefficient (Wildman–Crippen LogP) is 3.54. The number of carbonyl (C=O) groups excluding carboxylic acids is 1. The van der Waals surface area contributed by atoms with Crippen molar-refractivity contribution < 1.29 is 9.72 Å². The summed E-state index contributed by atoms with van der Waals surface area (Å²) in [5, 5.41) is 13.7. The molecule has 0 bridgehead atoms. The summed E-state index contributed by atoms with van der Waals surface area (Å²) >= 11 is 0. The average Bonchev–Trinajstić information content (AvgIpc) is 2.39. The van der Waals surface area contributed by atoms with Gasteiger partial charge in [-0.05, 0) is 25.1 Å². The predicted molar refractivity (Wildman–Crippen MR) is 72.8 cm³/mol. The molecule has 0 unspecified atom stereocenters. The van der Waals surface area contributed by atoms with Crippen LogP contribution in [0.15, 0.2) is 48.5 Å². The zero-order valence-electron chi connectivity index (χ0n) is 10.3. The molecule has 0 amide bonds. The van der Waals surface area contributed by atoms with Crippen LogP contribution in [0.25, 0.3) is 0 Å². The molecule has 0 fully saturated rings. The third kappa shape index (κ3) is 2.95. The SMILES string of the molecule is CC(=O)c1ccccc1Nc1cccc([N+](=O)[O-])c1. The number of non-ortho nitro benzene ring substituents is 1. The van der Waals surface area contributed by atoms with Crippen molar-refractivity contribution in [2.75, 3.05) is 5.32 Å². The second-order valence-electron chi connectivity index (χ2n) is 4.03. The van der Waals surface area contributed by atoms with Gasteiger partial charge in [-0.15, -0.1) is 0 Å². The molecule has 0 saturated heterocycles. The summed E-state index contributed by atoms with van der Waals surface area (Å²) in [6, 6.07) is 13.2. The zero-order chi connectivity index (χ0) is 13.8. The molecule has 5 heteroatoms. The van der Waals surface area contributed by atoms with Crippen LogP contribution in [0.3, 0.4) is 0 Å². The largest absolute Gasteiger partial charge is 0.355 e. The van der Waals surface area contributed by atoms with E-state index in [1.807, 2.05) is 0 Å². The Bertz CT molecular complexity index is 638. The molecule has 0 radical (unpaired) electrons. The second-order valence-corrected chi connectivity index (χ2v) is 4.03. The van der Waals surface area contributed by atoms with Crippen molar-refractivity contribution in [2.45, 2.75) is 6.92 Å². The van der Waals surface area contributed by atoms with Crippen LogP contribution in [-0.2, 0) is 0 Å². The lowest BCUT2D eigenvalue weighted by molar-refractivity contribution is -0.384. The molecule has 2 aromatic carbocycles. The van der Waals surface area contributed by atoms with Crippen molar-refractivity contribution in [2.24, 2.45) is 0 Å². The summed E-state index contributed by atoms with van der Waals surface area (Å²) < 4.78 is 0. The fourth-order valence-corrected chi connectivity index (χ4v) is 1.75. The van der Waals surface area contributed by atoms with Gasteiger partial charge in [0.2, 0.25) is 0 Å². The number of para-hydroxylation sites is 1. The quantitative estimate of drug-likeness (QED) is 0.516. The first-order chi connectivity index (χ1) is 9.08. The molecule has 0 aliphatic rings. The van der Waals surface area contributed by atoms with Gasteiger partial charge in [0.25, 0.3) is 5.69 Å². The maximum absolute atomic E-state index is 11.5. The first kappa shape index (κ1) is 12.8. The number of rotatable bonds is 4. The topological polar surface area (TPSA) is 72.2 Å². The van der Waals surface area contributed by atoms with Gasteiger partial charge in [-0.2, -0.15) is 0 Å². The van der Waals surface area contributed by atoms with Crippen molar-refractivity contribution in [3.8, 4) is 0 Å². The molecule has 96 valence electrons. The molecular weight excluding hydrogens is 244 g/mol. The Labute approximate surface area is 110 Å². The molecule has 5 nitrogen and oxygen atoms in total. The molecule has 0 aliphatic carbocycles. The molecular formula is C14H12N2O3. The monoisotopic (exact) mass is 256 g/mol. The van der Waals surface area contributed by atoms with Gasteiger partial charge in [-0.25, -0.2) is 0 Å². The van der Waals surface area contributed by atoms with Crippen LogP contribution in [0.5, 0.6) is 0 Å². The number of hydrogen-bond acceptors (Lipinski definition) is 4. The van der Waals surface area contributed by atoms with E-state index in [0.29, 0.717) is 16.9 Å². The summed E-state index contributed by atoms with van der Waals surface area (Å²) in [4.78, 5) is 21.7. The molecule has 0 aromatic heterocycles. The summed E-state index contributed by atoms with van der Waals surface area (Å²) in [7, 11) is 0. The molecule has 0 atom stereocenters. The van der Waals surface area contributed by atoms with Gasteiger partial charge < -0.3 is 5.32 Å². The fraction of sp³-hybridized carbons (Fsp3) is 0.0714. The number of ketones is 1. The highest BCUT2D eigenvalue weighted by Crippen LogP contribution is 2.24. The smallest absolute Gasteiger partial charge is 0.271 e. The minimum atomic E-state index is -0.456. The Morgan fingerprint density at radius 3 is 2.58 bits per heavy atom. The van der Waals surface area contributed by atoms with E-state index >= 15 is 0 Å². The molecule has 0 spiro atoms. The number of nitrogens with zero attached hydrogens (tertiary/aromatic N) is 1. The maximum Gasteiger partial charge on any atom is 0.271 e. The molecule has 2 rings (SSSR count). The third-order valence-electron chi connectivity index (χ3n) is 2.64. The lowest BCUT2D eigenvalue weighted by Gasteiger charge is -2.09. The number of nitrogens with one attached hydrogen (secondary N) is 1. The van der Waals surface area contributed by atoms with Crippen LogP contribution >= 0.6 is 0 Å². The number of hydrogen-bond donors (Lipinski definition) is 1. The van der Waals surface area contributed by atoms with Gasteiger partial charge in [0.05, 0.1) is 4.92 Å². The van der Waals surface area contributed by atoms with Gasteiger partial charge in [0.1, 0.15) is 0 Å². The molecule has 0 aliphatic heterocycles. The Balaban J connectivity index is 2.34. The standard InChI is InChI=1S/C14H12N2O3/c1-10(17)13-7-2-3-8-14(13)15-11-5-4-6-12(9-11)16(18)19/h2-9,15H,1H3. The van der Waals surface area contributed by atoms with E-state index in [2.05, 4.69) is 5.32 Å². The second kappa shape index (κ2) is 5.30. The van der Waals surface area contributed by atoms with E-state index in [1.54, 1.807) is 36.4 Å². The summed E-state index contributed by atoms with van der Waals surface area (Å²) in [6.45, 7) is 1.48. The lowest BCUT2D eigenvalue weighted by atomic mass is 10.1. The lowest BCUT2D eigenvalue weighted by Crippen LogP contribution is -2.00. The molecule has 1 N–H and O–H groups in total. The van der Waals surface area contributed by atoms with Crippen molar-refractivity contribution in [1.82, 2.24) is 0 Å². The van der Waals surface area contributed by atoms with Crippen LogP contribution in [0.2, 0.25) is 0 Å². The van der Waals surface area contributed by atoms with Gasteiger partial charge >= 0.3 is 0 Å². The van der Waals surface area contributed by atoms with Gasteiger partial charge in [-0.3, -0.25) is 14.9 Å². The Hall–Kier alpha value is -2.69. The molecule has 19 heavy (non-hydrogen) atoms. The summed E-state index contributed by atoms with van der Waals surface area (Å²) in [6.07, 6.45) is 0. The fourth-order valence-electron chi connectivity index (χ4n) is 1.75. The Morgan fingerprint density at radius 2 is 1.89 bits per heavy atom. The number of benzene rings is 2. The van der Waals surface area contributed by atoms with Crippen molar-refractivity contribution in [3.05, 3.63) is 64.2 Å². The molecule has 0 saturated carbocycles. The highest BCUT2D eigenvalue weighted by molar-refractivity contribution is 6.00. The number of Topliss-reactive ketones (excluding diaryl/α,β-unsaturated/α-hetero) is 1. The number of carbonyl (C=O) groups is 1. The maximum atomic E-state index is 11.5. The highest BCUT2D eigenvalue weighted by Gasteiger charge is 2.09. The van der Waals surface area contributed by atoms with E-state index in [-0.39, 0.29) is 11.5 Å². The van der Waals surface area contributed by atoms with E-state index in [4.69, 9.17) is 0 Å². The number of anilines is 2. The molecule has 0 heterocycles. The van der Waals surface area contributed by atoms with E-state index in [9.17, 15) is 14.9 Å². The average molecular weight is 256 g/mol. The first-order valence-corrected chi connectivity index (χ1v) is 5.69. The van der Waals surface area contributed by atoms with Crippen LogP contribution in [-0.4, -0.2) is 10.7 Å². The zero-order valence-corrected chi connectivity index (χ0v) is 10.3. The van der Waals surface area contributed by atoms with Crippen LogP contribution in [0.1, 0.15) is 17.3 Å². The minimum absolute atomic E-state index is 0.00491. The van der Waals surface area contributed by atoms with Gasteiger partial charge in [0.15, 0.2) is 5.78 Å². The van der Waals surface area contributed by atoms with Crippen molar-refractivity contribution in [3.63, 3.8) is 0 Å². The number of nitro groups is 1. The summed E-state index contributed by atoms with van der Waals surface area (Å²) in [5.41, 5.74) is 1.76. The highest BCUT2D eigenvalue weighted by atomic mass is 16.6. The van der Waals surface area contributed by atoms with Crippen molar-refractivity contribution >= 4 is 22.8 Å². The third-order valence-corrected chi connectivity index (χ3v) is 2.64. The minimum Gasteiger partial charge on any atom is -0.355 e. The summed E-state index contributed by atoms with van der Waals surface area (Å²) in [5.74, 6) is -0.0615. The Kier molecular flexibility index (Phi) is 3.56. The van der Waals surface area contributed by atoms with Gasteiger partial charge in [0, 0.05) is 29.1 Å². The van der Waals surface area contributed by atoms with E-state index in [0.717, 1.165) is 0 Å². The number of nitro benzene ring substituents is 1. The normalized spacial score (nSPS) is 9.95.